The third-order valence-electron chi connectivity index (χ3n) is 7.20. The third-order valence-corrected chi connectivity index (χ3v) is 7.49. The molecule has 3 aromatic heterocycles. The fourth-order valence-corrected chi connectivity index (χ4v) is 5.09. The number of hydrogen-bond donors (Lipinski definition) is 1. The van der Waals surface area contributed by atoms with Crippen molar-refractivity contribution in [3.63, 3.8) is 0 Å². The number of alkyl halides is 2. The predicted molar refractivity (Wildman–Crippen MR) is 144 cm³/mol. The van der Waals surface area contributed by atoms with Crippen molar-refractivity contribution < 1.29 is 27.5 Å². The first-order valence-electron chi connectivity index (χ1n) is 12.9. The van der Waals surface area contributed by atoms with Crippen LogP contribution in [0.2, 0.25) is 5.02 Å². The number of carbonyl (C=O) groups excluding carboxylic acids is 2. The summed E-state index contributed by atoms with van der Waals surface area (Å²) >= 11 is 5.83. The summed E-state index contributed by atoms with van der Waals surface area (Å²) in [5.41, 5.74) is 0.650. The number of rotatable bonds is 8. The monoisotopic (exact) mass is 598 g/mol. The van der Waals surface area contributed by atoms with E-state index in [-0.39, 0.29) is 34.3 Å². The number of piperidine rings is 1. The second-order valence-electron chi connectivity index (χ2n) is 10.00. The second kappa shape index (κ2) is 10.7. The van der Waals surface area contributed by atoms with Crippen molar-refractivity contribution in [2.75, 3.05) is 16.8 Å². The Hall–Kier alpha value is -4.59. The van der Waals surface area contributed by atoms with E-state index in [1.165, 1.54) is 6.20 Å². The molecule has 6 rings (SSSR count). The van der Waals surface area contributed by atoms with Gasteiger partial charge in [0.25, 0.3) is 5.91 Å². The van der Waals surface area contributed by atoms with Gasteiger partial charge in [-0.3, -0.25) is 29.1 Å². The fourth-order valence-electron chi connectivity index (χ4n) is 4.93. The molecule has 3 atom stereocenters. The molecule has 0 bridgehead atoms. The summed E-state index contributed by atoms with van der Waals surface area (Å²) in [6.45, 7) is 1.10. The lowest BCUT2D eigenvalue weighted by Crippen LogP contribution is -2.30. The van der Waals surface area contributed by atoms with Gasteiger partial charge in [-0.15, -0.1) is 0 Å². The largest absolute Gasteiger partial charge is 0.434 e. The summed E-state index contributed by atoms with van der Waals surface area (Å²) in [4.78, 5) is 44.2. The Morgan fingerprint density at radius 3 is 2.71 bits per heavy atom. The molecule has 1 saturated carbocycles. The van der Waals surface area contributed by atoms with E-state index in [0.717, 1.165) is 30.9 Å². The summed E-state index contributed by atoms with van der Waals surface area (Å²) in [5.74, 6) is -1.07. The summed E-state index contributed by atoms with van der Waals surface area (Å²) in [6.07, 6.45) is 7.78. The molecule has 2 fully saturated rings. The van der Waals surface area contributed by atoms with E-state index in [2.05, 4.69) is 35.1 Å². The van der Waals surface area contributed by atoms with E-state index in [1.807, 2.05) is 6.92 Å². The Labute approximate surface area is 241 Å². The minimum absolute atomic E-state index is 0.0977. The van der Waals surface area contributed by atoms with Crippen LogP contribution in [0.25, 0.3) is 11.3 Å². The van der Waals surface area contributed by atoms with Crippen LogP contribution >= 0.6 is 11.6 Å². The SMILES string of the molecule is Cc1nc([C@@H](C)n2cc(NC(=O)c3cncc(-c4c(OC(F)F)ccc(Cl)c4F)n3)cn2)cnc1N1C[C@H]2C[C@H]2C1=O. The van der Waals surface area contributed by atoms with Gasteiger partial charge in [0.1, 0.15) is 11.4 Å². The molecule has 2 aliphatic rings. The Kier molecular flexibility index (Phi) is 7.01. The number of benzene rings is 1. The molecule has 1 N–H and O–H groups in total. The number of carbonyl (C=O) groups is 2. The molecule has 1 aliphatic heterocycles. The molecule has 15 heteroatoms. The number of nitrogens with zero attached hydrogens (tertiary/aromatic N) is 7. The minimum atomic E-state index is -3.23. The van der Waals surface area contributed by atoms with Gasteiger partial charge < -0.3 is 10.1 Å². The molecule has 0 spiro atoms. The van der Waals surface area contributed by atoms with Crippen molar-refractivity contribution in [3.8, 4) is 17.0 Å². The number of ether oxygens (including phenoxy) is 1. The first kappa shape index (κ1) is 27.6. The van der Waals surface area contributed by atoms with E-state index in [1.54, 1.807) is 28.9 Å². The van der Waals surface area contributed by atoms with Gasteiger partial charge in [-0.25, -0.2) is 14.4 Å². The molecular weight excluding hydrogens is 577 g/mol. The summed E-state index contributed by atoms with van der Waals surface area (Å²) < 4.78 is 46.5. The number of halogens is 4. The molecule has 42 heavy (non-hydrogen) atoms. The summed E-state index contributed by atoms with van der Waals surface area (Å²) in [7, 11) is 0. The molecule has 1 saturated heterocycles. The Bertz CT molecular complexity index is 1720. The van der Waals surface area contributed by atoms with Gasteiger partial charge in [-0.05, 0) is 38.3 Å². The average molecular weight is 599 g/mol. The van der Waals surface area contributed by atoms with Crippen molar-refractivity contribution in [2.45, 2.75) is 32.9 Å². The van der Waals surface area contributed by atoms with Crippen LogP contribution in [0.1, 0.15) is 41.3 Å². The predicted octanol–water partition coefficient (Wildman–Crippen LogP) is 4.68. The first-order valence-corrected chi connectivity index (χ1v) is 13.2. The lowest BCUT2D eigenvalue weighted by molar-refractivity contribution is -0.118. The second-order valence-corrected chi connectivity index (χ2v) is 10.4. The zero-order valence-corrected chi connectivity index (χ0v) is 22.9. The molecule has 1 aliphatic carbocycles. The maximum absolute atomic E-state index is 14.8. The quantitative estimate of drug-likeness (QED) is 0.310. The Morgan fingerprint density at radius 1 is 1.19 bits per heavy atom. The van der Waals surface area contributed by atoms with Crippen molar-refractivity contribution in [1.82, 2.24) is 29.7 Å². The van der Waals surface area contributed by atoms with Crippen LogP contribution in [0.3, 0.4) is 0 Å². The number of aryl methyl sites for hydroxylation is 1. The lowest BCUT2D eigenvalue weighted by atomic mass is 10.1. The smallest absolute Gasteiger partial charge is 0.387 e. The number of hydrogen-bond acceptors (Lipinski definition) is 8. The number of amides is 2. The van der Waals surface area contributed by atoms with Crippen LogP contribution in [-0.4, -0.2) is 54.7 Å². The lowest BCUT2D eigenvalue weighted by Gasteiger charge is -2.20. The van der Waals surface area contributed by atoms with Crippen LogP contribution in [0.15, 0.2) is 43.1 Å². The highest BCUT2D eigenvalue weighted by atomic mass is 35.5. The van der Waals surface area contributed by atoms with E-state index in [9.17, 15) is 22.8 Å². The summed E-state index contributed by atoms with van der Waals surface area (Å²) in [6, 6.07) is 1.78. The van der Waals surface area contributed by atoms with Crippen LogP contribution in [-0.2, 0) is 4.79 Å². The van der Waals surface area contributed by atoms with Gasteiger partial charge >= 0.3 is 6.61 Å². The van der Waals surface area contributed by atoms with Gasteiger partial charge in [0, 0.05) is 18.7 Å². The number of fused-ring (bicyclic) bond motifs is 1. The Balaban J connectivity index is 1.18. The van der Waals surface area contributed by atoms with Gasteiger partial charge in [0.05, 0.1) is 64.2 Å². The van der Waals surface area contributed by atoms with Crippen LogP contribution in [0.5, 0.6) is 5.75 Å². The highest BCUT2D eigenvalue weighted by Gasteiger charge is 2.53. The third kappa shape index (κ3) is 5.13. The van der Waals surface area contributed by atoms with Crippen molar-refractivity contribution in [3.05, 3.63) is 71.0 Å². The molecule has 0 radical (unpaired) electrons. The normalized spacial score (nSPS) is 18.3. The number of aromatic nitrogens is 6. The molecular formula is C27H22ClF3N8O3. The van der Waals surface area contributed by atoms with Gasteiger partial charge in [0.15, 0.2) is 11.6 Å². The zero-order valence-electron chi connectivity index (χ0n) is 22.1. The van der Waals surface area contributed by atoms with E-state index in [0.29, 0.717) is 35.4 Å². The highest BCUT2D eigenvalue weighted by molar-refractivity contribution is 6.31. The summed E-state index contributed by atoms with van der Waals surface area (Å²) in [5, 5.41) is 6.59. The van der Waals surface area contributed by atoms with E-state index >= 15 is 0 Å². The first-order chi connectivity index (χ1) is 20.1. The molecule has 216 valence electrons. The highest BCUT2D eigenvalue weighted by Crippen LogP contribution is 2.47. The molecule has 1 aromatic carbocycles. The number of nitrogens with one attached hydrogen (secondary N) is 1. The van der Waals surface area contributed by atoms with Crippen molar-refractivity contribution in [2.24, 2.45) is 11.8 Å². The van der Waals surface area contributed by atoms with E-state index in [4.69, 9.17) is 11.6 Å². The fraction of sp³-hybridized carbons (Fsp3) is 0.296. The molecule has 11 nitrogen and oxygen atoms in total. The van der Waals surface area contributed by atoms with Crippen LogP contribution in [0.4, 0.5) is 24.7 Å². The molecule has 0 unspecified atom stereocenters. The topological polar surface area (TPSA) is 128 Å². The Morgan fingerprint density at radius 2 is 2.00 bits per heavy atom. The van der Waals surface area contributed by atoms with Gasteiger partial charge in [0.2, 0.25) is 5.91 Å². The standard InChI is InChI=1S/C27H22ClF3N8O3/c1-12-24(38-10-14-5-16(14)26(38)41)33-9-18(35-12)13(2)39-11-15(6-34-39)36-25(40)20-8-32-7-19(37-20)22-21(42-27(30)31)4-3-17(28)23(22)29/h3-4,6-9,11,13-14,16,27H,5,10H2,1-2H3,(H,36,40)/t13-,14-,16-/m1/s1. The van der Waals surface area contributed by atoms with Gasteiger partial charge in [-0.2, -0.15) is 13.9 Å². The zero-order chi connectivity index (χ0) is 29.7. The van der Waals surface area contributed by atoms with Gasteiger partial charge in [-0.1, -0.05) is 11.6 Å². The number of anilines is 2. The maximum Gasteiger partial charge on any atom is 0.387 e. The van der Waals surface area contributed by atoms with Crippen LogP contribution < -0.4 is 15.0 Å². The van der Waals surface area contributed by atoms with Crippen molar-refractivity contribution >= 4 is 34.9 Å². The average Bonchev–Trinajstić information content (AvgIpc) is 3.46. The van der Waals surface area contributed by atoms with Crippen LogP contribution in [0, 0.1) is 24.6 Å². The molecule has 4 aromatic rings. The van der Waals surface area contributed by atoms with Crippen molar-refractivity contribution in [1.29, 1.82) is 0 Å². The molecule has 2 amide bonds. The minimum Gasteiger partial charge on any atom is -0.434 e. The maximum atomic E-state index is 14.8. The van der Waals surface area contributed by atoms with E-state index < -0.39 is 29.6 Å². The molecule has 4 heterocycles.